The van der Waals surface area contributed by atoms with Gasteiger partial charge in [-0.15, -0.1) is 0 Å². The normalized spacial score (nSPS) is 19.3. The van der Waals surface area contributed by atoms with Crippen LogP contribution in [-0.2, 0) is 6.54 Å². The lowest BCUT2D eigenvalue weighted by Gasteiger charge is -2.28. The van der Waals surface area contributed by atoms with Gasteiger partial charge in [0.05, 0.1) is 0 Å². The van der Waals surface area contributed by atoms with E-state index in [4.69, 9.17) is 0 Å². The average Bonchev–Trinajstić information content (AvgIpc) is 2.84. The van der Waals surface area contributed by atoms with Gasteiger partial charge in [-0.2, -0.15) is 0 Å². The van der Waals surface area contributed by atoms with Gasteiger partial charge in [0, 0.05) is 37.9 Å². The maximum atomic E-state index is 4.66. The highest BCUT2D eigenvalue weighted by Gasteiger charge is 2.25. The molecule has 1 aromatic rings. The second-order valence-corrected chi connectivity index (χ2v) is 6.31. The summed E-state index contributed by atoms with van der Waals surface area (Å²) in [4.78, 5) is 9.39. The van der Waals surface area contributed by atoms with Gasteiger partial charge in [-0.1, -0.05) is 19.9 Å². The quantitative estimate of drug-likeness (QED) is 0.862. The number of nitrogens with one attached hydrogen (secondary N) is 1. The van der Waals surface area contributed by atoms with Crippen molar-refractivity contribution in [3.63, 3.8) is 0 Å². The molecule has 1 unspecified atom stereocenters. The van der Waals surface area contributed by atoms with Gasteiger partial charge in [-0.25, -0.2) is 4.98 Å². The Balaban J connectivity index is 1.98. The lowest BCUT2D eigenvalue weighted by molar-refractivity contribution is 0.371. The third kappa shape index (κ3) is 4.18. The first kappa shape index (κ1) is 15.3. The molecule has 1 aliphatic heterocycles. The first-order chi connectivity index (χ1) is 9.56. The number of aromatic nitrogens is 1. The summed E-state index contributed by atoms with van der Waals surface area (Å²) < 4.78 is 0. The van der Waals surface area contributed by atoms with Crippen molar-refractivity contribution in [1.82, 2.24) is 15.2 Å². The van der Waals surface area contributed by atoms with Crippen molar-refractivity contribution < 1.29 is 0 Å². The van der Waals surface area contributed by atoms with Gasteiger partial charge in [0.2, 0.25) is 0 Å². The summed E-state index contributed by atoms with van der Waals surface area (Å²) in [7, 11) is 4.29. The van der Waals surface area contributed by atoms with Crippen LogP contribution >= 0.6 is 0 Å². The van der Waals surface area contributed by atoms with Crippen LogP contribution in [0, 0.1) is 0 Å². The molecule has 1 aromatic heterocycles. The molecule has 2 rings (SSSR count). The molecule has 1 saturated heterocycles. The molecule has 20 heavy (non-hydrogen) atoms. The zero-order chi connectivity index (χ0) is 14.5. The maximum absolute atomic E-state index is 4.66. The molecule has 1 atom stereocenters. The fraction of sp³-hybridized carbons (Fsp3) is 0.688. The van der Waals surface area contributed by atoms with Crippen LogP contribution in [0.5, 0.6) is 0 Å². The van der Waals surface area contributed by atoms with E-state index in [-0.39, 0.29) is 0 Å². The molecule has 0 spiro atoms. The van der Waals surface area contributed by atoms with E-state index in [9.17, 15) is 0 Å². The van der Waals surface area contributed by atoms with Crippen LogP contribution in [0.1, 0.15) is 32.3 Å². The van der Waals surface area contributed by atoms with Crippen LogP contribution < -0.4 is 10.2 Å². The maximum Gasteiger partial charge on any atom is 0.128 e. The molecule has 0 aromatic carbocycles. The van der Waals surface area contributed by atoms with Crippen molar-refractivity contribution in [2.24, 2.45) is 0 Å². The van der Waals surface area contributed by atoms with E-state index in [1.807, 2.05) is 6.20 Å². The minimum absolute atomic E-state index is 0.512. The summed E-state index contributed by atoms with van der Waals surface area (Å²) in [6.45, 7) is 7.47. The minimum atomic E-state index is 0.512. The highest BCUT2D eigenvalue weighted by atomic mass is 15.3. The Bertz CT molecular complexity index is 399. The van der Waals surface area contributed by atoms with Gasteiger partial charge < -0.3 is 15.1 Å². The Labute approximate surface area is 123 Å². The molecular formula is C16H28N4. The van der Waals surface area contributed by atoms with E-state index in [0.717, 1.165) is 25.5 Å². The predicted molar refractivity (Wildman–Crippen MR) is 85.1 cm³/mol. The van der Waals surface area contributed by atoms with Crippen molar-refractivity contribution >= 4 is 5.82 Å². The Morgan fingerprint density at radius 3 is 2.80 bits per heavy atom. The topological polar surface area (TPSA) is 31.4 Å². The molecule has 0 saturated carbocycles. The van der Waals surface area contributed by atoms with Crippen molar-refractivity contribution in [2.45, 2.75) is 45.3 Å². The highest BCUT2D eigenvalue weighted by Crippen LogP contribution is 2.24. The van der Waals surface area contributed by atoms with E-state index in [2.05, 4.69) is 60.2 Å². The summed E-state index contributed by atoms with van der Waals surface area (Å²) in [5.41, 5.74) is 1.26. The summed E-state index contributed by atoms with van der Waals surface area (Å²) in [5, 5.41) is 3.43. The first-order valence-corrected chi connectivity index (χ1v) is 7.66. The Hall–Kier alpha value is -1.13. The molecule has 1 N–H and O–H groups in total. The third-order valence-electron chi connectivity index (χ3n) is 3.77. The molecule has 112 valence electrons. The molecule has 4 heteroatoms. The van der Waals surface area contributed by atoms with Crippen LogP contribution in [0.4, 0.5) is 5.82 Å². The lowest BCUT2D eigenvalue weighted by atomic mass is 10.2. The van der Waals surface area contributed by atoms with E-state index >= 15 is 0 Å². The fourth-order valence-electron chi connectivity index (χ4n) is 2.76. The second-order valence-electron chi connectivity index (χ2n) is 6.31. The average molecular weight is 276 g/mol. The zero-order valence-electron chi connectivity index (χ0n) is 13.3. The van der Waals surface area contributed by atoms with Gasteiger partial charge in [0.25, 0.3) is 0 Å². The summed E-state index contributed by atoms with van der Waals surface area (Å²) >= 11 is 0. The largest absolute Gasteiger partial charge is 0.352 e. The molecule has 4 nitrogen and oxygen atoms in total. The van der Waals surface area contributed by atoms with Crippen molar-refractivity contribution in [3.05, 3.63) is 23.9 Å². The van der Waals surface area contributed by atoms with E-state index in [1.54, 1.807) is 0 Å². The number of hydrogen-bond donors (Lipinski definition) is 1. The number of pyridine rings is 1. The van der Waals surface area contributed by atoms with Gasteiger partial charge in [0.1, 0.15) is 5.82 Å². The van der Waals surface area contributed by atoms with Gasteiger partial charge in [-0.05, 0) is 38.6 Å². The monoisotopic (exact) mass is 276 g/mol. The predicted octanol–water partition coefficient (Wildman–Crippen LogP) is 2.11. The molecule has 1 aliphatic rings. The van der Waals surface area contributed by atoms with Crippen LogP contribution in [0.2, 0.25) is 0 Å². The van der Waals surface area contributed by atoms with Crippen molar-refractivity contribution in [2.75, 3.05) is 32.1 Å². The standard InChI is InChI=1S/C16H28N4/c1-13(2)17-10-14-7-8-16(18-11-14)20-9-5-6-15(20)12-19(3)4/h7-8,11,13,15,17H,5-6,9-10,12H2,1-4H3. The first-order valence-electron chi connectivity index (χ1n) is 7.66. The molecule has 0 aliphatic carbocycles. The number of rotatable bonds is 6. The Morgan fingerprint density at radius 2 is 2.20 bits per heavy atom. The zero-order valence-corrected chi connectivity index (χ0v) is 13.3. The van der Waals surface area contributed by atoms with Crippen molar-refractivity contribution in [3.8, 4) is 0 Å². The van der Waals surface area contributed by atoms with Gasteiger partial charge in [-0.3, -0.25) is 0 Å². The number of likely N-dealkylation sites (N-methyl/N-ethyl adjacent to an activating group) is 1. The smallest absolute Gasteiger partial charge is 0.128 e. The number of anilines is 1. The molecule has 0 radical (unpaired) electrons. The van der Waals surface area contributed by atoms with Gasteiger partial charge >= 0.3 is 0 Å². The number of hydrogen-bond acceptors (Lipinski definition) is 4. The van der Waals surface area contributed by atoms with Crippen LogP contribution in [0.25, 0.3) is 0 Å². The van der Waals surface area contributed by atoms with Crippen LogP contribution in [0.3, 0.4) is 0 Å². The molecule has 2 heterocycles. The van der Waals surface area contributed by atoms with E-state index < -0.39 is 0 Å². The Kier molecular flexibility index (Phi) is 5.38. The SMILES string of the molecule is CC(C)NCc1ccc(N2CCCC2CN(C)C)nc1. The fourth-order valence-corrected chi connectivity index (χ4v) is 2.76. The van der Waals surface area contributed by atoms with Crippen LogP contribution in [0.15, 0.2) is 18.3 Å². The minimum Gasteiger partial charge on any atom is -0.352 e. The van der Waals surface area contributed by atoms with Gasteiger partial charge in [0.15, 0.2) is 0 Å². The molecular weight excluding hydrogens is 248 g/mol. The lowest BCUT2D eigenvalue weighted by Crippen LogP contribution is -2.38. The summed E-state index contributed by atoms with van der Waals surface area (Å²) in [6.07, 6.45) is 4.56. The van der Waals surface area contributed by atoms with E-state index in [0.29, 0.717) is 12.1 Å². The third-order valence-corrected chi connectivity index (χ3v) is 3.77. The molecule has 1 fully saturated rings. The Morgan fingerprint density at radius 1 is 1.40 bits per heavy atom. The second kappa shape index (κ2) is 7.04. The van der Waals surface area contributed by atoms with Crippen molar-refractivity contribution in [1.29, 1.82) is 0 Å². The molecule has 0 bridgehead atoms. The van der Waals surface area contributed by atoms with Crippen LogP contribution in [-0.4, -0.2) is 49.2 Å². The highest BCUT2D eigenvalue weighted by molar-refractivity contribution is 5.42. The summed E-state index contributed by atoms with van der Waals surface area (Å²) in [5.74, 6) is 1.13. The molecule has 0 amide bonds. The number of nitrogens with zero attached hydrogens (tertiary/aromatic N) is 3. The summed E-state index contributed by atoms with van der Waals surface area (Å²) in [6, 6.07) is 5.49. The van der Waals surface area contributed by atoms with E-state index in [1.165, 1.54) is 18.4 Å².